The lowest BCUT2D eigenvalue weighted by atomic mass is 10.0. The van der Waals surface area contributed by atoms with Crippen molar-refractivity contribution in [2.45, 2.75) is 39.7 Å². The Hall–Kier alpha value is -1.95. The van der Waals surface area contributed by atoms with Gasteiger partial charge in [0.2, 0.25) is 0 Å². The molecule has 134 valence electrons. The third kappa shape index (κ3) is 4.77. The number of alkyl halides is 2. The van der Waals surface area contributed by atoms with Crippen LogP contribution in [0.15, 0.2) is 30.0 Å². The number of halogens is 3. The zero-order valence-electron chi connectivity index (χ0n) is 14.7. The van der Waals surface area contributed by atoms with Gasteiger partial charge in [0.25, 0.3) is 5.92 Å². The first-order valence-electron chi connectivity index (χ1n) is 7.63. The first-order chi connectivity index (χ1) is 11.1. The van der Waals surface area contributed by atoms with Crippen molar-refractivity contribution in [2.75, 3.05) is 14.2 Å². The maximum absolute atomic E-state index is 14.5. The minimum Gasteiger partial charge on any atom is -0.496 e. The number of aliphatic hydroxyl groups excluding tert-OH is 1. The molecule has 0 heterocycles. The maximum Gasteiger partial charge on any atom is 0.268 e. The molecule has 1 N–H and O–H groups in total. The smallest absolute Gasteiger partial charge is 0.268 e. The van der Waals surface area contributed by atoms with Crippen LogP contribution in [0, 0.1) is 5.82 Å². The lowest BCUT2D eigenvalue weighted by Gasteiger charge is -2.23. The largest absolute Gasteiger partial charge is 0.496 e. The first-order valence-corrected chi connectivity index (χ1v) is 7.63. The Morgan fingerprint density at radius 1 is 1.38 bits per heavy atom. The monoisotopic (exact) mass is 343 g/mol. The Morgan fingerprint density at radius 2 is 2.00 bits per heavy atom. The fourth-order valence-corrected chi connectivity index (χ4v) is 2.22. The Kier molecular flexibility index (Phi) is 6.90. The number of hydrogen-bond donors (Lipinski definition) is 1. The van der Waals surface area contributed by atoms with E-state index in [1.54, 1.807) is 13.1 Å². The quantitative estimate of drug-likeness (QED) is 0.787. The molecule has 1 aromatic carbocycles. The van der Waals surface area contributed by atoms with Crippen LogP contribution in [0.2, 0.25) is 0 Å². The third-order valence-electron chi connectivity index (χ3n) is 3.67. The van der Waals surface area contributed by atoms with Crippen LogP contribution in [0.1, 0.15) is 38.3 Å². The summed E-state index contributed by atoms with van der Waals surface area (Å²) in [4.78, 5) is 1.46. The van der Waals surface area contributed by atoms with Crippen molar-refractivity contribution in [2.24, 2.45) is 0 Å². The summed E-state index contributed by atoms with van der Waals surface area (Å²) in [5, 5.41) is 9.26. The summed E-state index contributed by atoms with van der Waals surface area (Å²) in [7, 11) is 3.01. The van der Waals surface area contributed by atoms with Crippen LogP contribution in [0.25, 0.3) is 5.70 Å². The van der Waals surface area contributed by atoms with E-state index in [2.05, 4.69) is 0 Å². The fraction of sp³-hybridized carbons (Fsp3) is 0.444. The Bertz CT molecular complexity index is 634. The molecule has 24 heavy (non-hydrogen) atoms. The van der Waals surface area contributed by atoms with E-state index in [0.29, 0.717) is 23.4 Å². The van der Waals surface area contributed by atoms with Crippen molar-refractivity contribution >= 4 is 5.70 Å². The zero-order chi connectivity index (χ0) is 18.5. The topological polar surface area (TPSA) is 32.7 Å². The molecule has 0 spiro atoms. The maximum atomic E-state index is 14.5. The van der Waals surface area contributed by atoms with E-state index in [1.165, 1.54) is 37.3 Å². The Morgan fingerprint density at radius 3 is 2.46 bits per heavy atom. The summed E-state index contributed by atoms with van der Waals surface area (Å²) >= 11 is 0. The number of benzene rings is 1. The molecule has 1 aromatic rings. The summed E-state index contributed by atoms with van der Waals surface area (Å²) in [6.45, 7) is 3.65. The van der Waals surface area contributed by atoms with Crippen LogP contribution in [0.5, 0.6) is 5.75 Å². The van der Waals surface area contributed by atoms with E-state index in [9.17, 15) is 18.3 Å². The highest BCUT2D eigenvalue weighted by atomic mass is 19.3. The van der Waals surface area contributed by atoms with Crippen LogP contribution in [0.4, 0.5) is 13.2 Å². The number of methoxy groups -OCH3 is 1. The van der Waals surface area contributed by atoms with Crippen LogP contribution in [0.3, 0.4) is 0 Å². The van der Waals surface area contributed by atoms with E-state index < -0.39 is 11.7 Å². The van der Waals surface area contributed by atoms with Crippen molar-refractivity contribution in [1.29, 1.82) is 0 Å². The predicted molar refractivity (Wildman–Crippen MR) is 89.3 cm³/mol. The zero-order valence-corrected chi connectivity index (χ0v) is 14.7. The molecule has 0 saturated heterocycles. The molecule has 0 unspecified atom stereocenters. The molecular formula is C18H24F3NO2. The van der Waals surface area contributed by atoms with E-state index in [0.717, 1.165) is 6.92 Å². The molecule has 0 radical (unpaired) electrons. The Balaban J connectivity index is 3.39. The number of allylic oxidation sites excluding steroid dienone is 2. The average molecular weight is 343 g/mol. The number of hydrogen-bond acceptors (Lipinski definition) is 3. The first kappa shape index (κ1) is 20.1. The summed E-state index contributed by atoms with van der Waals surface area (Å²) in [6, 6.07) is 2.66. The molecule has 0 atom stereocenters. The standard InChI is InChI=1S/C18H24F3NO2/c1-6-7-16(22(4)10-12(2)18(3,20)21)14-9-17(24-5)13(11-23)8-15(14)19/h7-10,23H,6,11H2,1-5H3/b12-10+,16-7+. The van der Waals surface area contributed by atoms with E-state index in [4.69, 9.17) is 4.74 Å². The lowest BCUT2D eigenvalue weighted by Crippen LogP contribution is -2.17. The predicted octanol–water partition coefficient (Wildman–Crippen LogP) is 4.57. The molecular weight excluding hydrogens is 319 g/mol. The molecule has 6 heteroatoms. The highest BCUT2D eigenvalue weighted by Gasteiger charge is 2.25. The highest BCUT2D eigenvalue weighted by Crippen LogP contribution is 2.31. The van der Waals surface area contributed by atoms with Crippen molar-refractivity contribution < 1.29 is 23.0 Å². The van der Waals surface area contributed by atoms with Gasteiger partial charge in [-0.3, -0.25) is 0 Å². The lowest BCUT2D eigenvalue weighted by molar-refractivity contribution is 0.0622. The number of aliphatic hydroxyl groups is 1. The molecule has 0 aromatic heterocycles. The van der Waals surface area contributed by atoms with E-state index >= 15 is 0 Å². The molecule has 0 fully saturated rings. The number of ether oxygens (including phenoxy) is 1. The molecule has 0 bridgehead atoms. The molecule has 1 rings (SSSR count). The van der Waals surface area contributed by atoms with Crippen LogP contribution in [-0.2, 0) is 6.61 Å². The molecule has 3 nitrogen and oxygen atoms in total. The van der Waals surface area contributed by atoms with E-state index in [1.807, 2.05) is 6.92 Å². The van der Waals surface area contributed by atoms with Gasteiger partial charge in [-0.1, -0.05) is 13.0 Å². The summed E-state index contributed by atoms with van der Waals surface area (Å²) in [5.41, 5.74) is 0.855. The Labute approximate surface area is 141 Å². The molecule has 0 aliphatic carbocycles. The highest BCUT2D eigenvalue weighted by molar-refractivity contribution is 5.67. The average Bonchev–Trinajstić information content (AvgIpc) is 2.51. The van der Waals surface area contributed by atoms with E-state index in [-0.39, 0.29) is 17.7 Å². The molecule has 0 amide bonds. The second kappa shape index (κ2) is 8.24. The second-order valence-electron chi connectivity index (χ2n) is 5.61. The summed E-state index contributed by atoms with van der Waals surface area (Å²) in [5.74, 6) is -3.17. The molecule has 0 saturated carbocycles. The van der Waals surface area contributed by atoms with Crippen LogP contribution >= 0.6 is 0 Å². The van der Waals surface area contributed by atoms with Gasteiger partial charge < -0.3 is 14.7 Å². The van der Waals surface area contributed by atoms with Gasteiger partial charge in [-0.15, -0.1) is 0 Å². The summed E-state index contributed by atoms with van der Waals surface area (Å²) in [6.07, 6.45) is 3.63. The van der Waals surface area contributed by atoms with Gasteiger partial charge >= 0.3 is 0 Å². The second-order valence-corrected chi connectivity index (χ2v) is 5.61. The number of nitrogens with zero attached hydrogens (tertiary/aromatic N) is 1. The fourth-order valence-electron chi connectivity index (χ4n) is 2.22. The minimum atomic E-state index is -2.96. The van der Waals surface area contributed by atoms with Gasteiger partial charge in [0.05, 0.1) is 13.7 Å². The van der Waals surface area contributed by atoms with Crippen LogP contribution < -0.4 is 4.74 Å². The van der Waals surface area contributed by atoms with Crippen molar-refractivity contribution in [3.8, 4) is 5.75 Å². The van der Waals surface area contributed by atoms with Crippen molar-refractivity contribution in [1.82, 2.24) is 4.90 Å². The summed E-state index contributed by atoms with van der Waals surface area (Å²) < 4.78 is 46.4. The SMILES string of the molecule is CC/C=C(\c1cc(OC)c(CO)cc1F)N(C)/C=C(\C)C(C)(F)F. The normalized spacial score (nSPS) is 13.2. The van der Waals surface area contributed by atoms with Gasteiger partial charge in [0.15, 0.2) is 0 Å². The third-order valence-corrected chi connectivity index (χ3v) is 3.67. The molecule has 0 aliphatic heterocycles. The van der Waals surface area contributed by atoms with Gasteiger partial charge in [-0.05, 0) is 25.5 Å². The van der Waals surface area contributed by atoms with Crippen molar-refractivity contribution in [3.63, 3.8) is 0 Å². The van der Waals surface area contributed by atoms with Gasteiger partial charge in [-0.25, -0.2) is 13.2 Å². The molecule has 0 aliphatic rings. The van der Waals surface area contributed by atoms with Crippen LogP contribution in [-0.4, -0.2) is 30.1 Å². The van der Waals surface area contributed by atoms with Gasteiger partial charge in [-0.2, -0.15) is 0 Å². The number of rotatable bonds is 7. The van der Waals surface area contributed by atoms with Gasteiger partial charge in [0.1, 0.15) is 11.6 Å². The van der Waals surface area contributed by atoms with Crippen molar-refractivity contribution in [3.05, 3.63) is 46.9 Å². The van der Waals surface area contributed by atoms with Gasteiger partial charge in [0, 0.05) is 42.6 Å². The minimum absolute atomic E-state index is 0.133.